The predicted molar refractivity (Wildman–Crippen MR) is 94.7 cm³/mol. The topological polar surface area (TPSA) is 46.9 Å². The molecule has 128 valence electrons. The normalized spacial score (nSPS) is 10.6. The summed E-state index contributed by atoms with van der Waals surface area (Å²) in [5, 5.41) is 7.20. The molecule has 25 heavy (non-hydrogen) atoms. The van der Waals surface area contributed by atoms with E-state index in [-0.39, 0.29) is 18.3 Å². The van der Waals surface area contributed by atoms with Crippen LogP contribution in [0, 0.1) is 5.82 Å². The molecule has 1 heterocycles. The number of carbonyl (C=O) groups is 1. The Labute approximate surface area is 146 Å². The van der Waals surface area contributed by atoms with Gasteiger partial charge in [-0.1, -0.05) is 49.4 Å². The third-order valence-corrected chi connectivity index (χ3v) is 4.05. The number of hydrogen-bond donors (Lipinski definition) is 1. The number of halogens is 1. The van der Waals surface area contributed by atoms with E-state index in [0.717, 1.165) is 16.8 Å². The van der Waals surface area contributed by atoms with E-state index in [2.05, 4.69) is 10.4 Å². The molecule has 0 bridgehead atoms. The van der Waals surface area contributed by atoms with Gasteiger partial charge in [0.1, 0.15) is 5.82 Å². The molecule has 2 aromatic carbocycles. The maximum atomic E-state index is 13.2. The lowest BCUT2D eigenvalue weighted by atomic mass is 10.1. The second-order valence-corrected chi connectivity index (χ2v) is 5.81. The molecule has 3 rings (SSSR count). The molecule has 0 unspecified atom stereocenters. The average Bonchev–Trinajstić information content (AvgIpc) is 3.03. The summed E-state index contributed by atoms with van der Waals surface area (Å²) in [6, 6.07) is 16.2. The van der Waals surface area contributed by atoms with E-state index in [1.54, 1.807) is 18.3 Å². The molecule has 4 nitrogen and oxygen atoms in total. The first-order valence-electron chi connectivity index (χ1n) is 8.28. The van der Waals surface area contributed by atoms with Gasteiger partial charge in [-0.05, 0) is 29.7 Å². The van der Waals surface area contributed by atoms with Crippen LogP contribution in [-0.2, 0) is 19.5 Å². The van der Waals surface area contributed by atoms with E-state index in [4.69, 9.17) is 0 Å². The monoisotopic (exact) mass is 337 g/mol. The number of nitrogens with one attached hydrogen (secondary N) is 1. The number of carbonyl (C=O) groups excluding carboxylic acids is 1. The summed E-state index contributed by atoms with van der Waals surface area (Å²) in [5.41, 5.74) is 3.31. The van der Waals surface area contributed by atoms with Crippen LogP contribution >= 0.6 is 0 Å². The molecular formula is C20H20FN3O. The number of amides is 1. The summed E-state index contributed by atoms with van der Waals surface area (Å²) in [4.78, 5) is 12.5. The van der Waals surface area contributed by atoms with Crippen molar-refractivity contribution in [3.63, 3.8) is 0 Å². The molecule has 0 aliphatic heterocycles. The Bertz CT molecular complexity index is 858. The molecule has 0 aliphatic rings. The Kier molecular flexibility index (Phi) is 5.23. The van der Waals surface area contributed by atoms with Gasteiger partial charge in [0.15, 0.2) is 0 Å². The van der Waals surface area contributed by atoms with Crippen molar-refractivity contribution in [3.8, 4) is 0 Å². The second kappa shape index (κ2) is 7.75. The molecule has 0 atom stereocenters. The van der Waals surface area contributed by atoms with Gasteiger partial charge in [0.2, 0.25) is 0 Å². The van der Waals surface area contributed by atoms with Gasteiger partial charge in [-0.2, -0.15) is 5.10 Å². The zero-order valence-corrected chi connectivity index (χ0v) is 14.1. The van der Waals surface area contributed by atoms with Crippen LogP contribution in [0.25, 0.3) is 0 Å². The second-order valence-electron chi connectivity index (χ2n) is 5.81. The summed E-state index contributed by atoms with van der Waals surface area (Å²) in [5.74, 6) is -0.503. The van der Waals surface area contributed by atoms with Crippen molar-refractivity contribution in [2.45, 2.75) is 26.4 Å². The van der Waals surface area contributed by atoms with E-state index >= 15 is 0 Å². The summed E-state index contributed by atoms with van der Waals surface area (Å²) >= 11 is 0. The summed E-state index contributed by atoms with van der Waals surface area (Å²) in [7, 11) is 0. The minimum Gasteiger partial charge on any atom is -0.348 e. The highest BCUT2D eigenvalue weighted by atomic mass is 19.1. The molecule has 0 radical (unpaired) electrons. The van der Waals surface area contributed by atoms with Gasteiger partial charge >= 0.3 is 0 Å². The number of rotatable bonds is 6. The van der Waals surface area contributed by atoms with Gasteiger partial charge in [-0.25, -0.2) is 4.39 Å². The Morgan fingerprint density at radius 1 is 1.12 bits per heavy atom. The molecule has 0 saturated carbocycles. The zero-order valence-electron chi connectivity index (χ0n) is 14.1. The van der Waals surface area contributed by atoms with Gasteiger partial charge in [0.25, 0.3) is 5.91 Å². The van der Waals surface area contributed by atoms with Crippen LogP contribution in [0.5, 0.6) is 0 Å². The average molecular weight is 337 g/mol. The SMILES string of the molecule is CCc1c(C(=O)NCc2cccc(F)c2)cnn1Cc1ccccc1. The fourth-order valence-electron chi connectivity index (χ4n) is 2.79. The smallest absolute Gasteiger partial charge is 0.255 e. The van der Waals surface area contributed by atoms with Crippen molar-refractivity contribution in [1.29, 1.82) is 0 Å². The first-order chi connectivity index (χ1) is 12.2. The first kappa shape index (κ1) is 16.9. The summed E-state index contributed by atoms with van der Waals surface area (Å²) in [6.07, 6.45) is 2.30. The van der Waals surface area contributed by atoms with E-state index in [1.807, 2.05) is 41.9 Å². The lowest BCUT2D eigenvalue weighted by Gasteiger charge is -2.09. The van der Waals surface area contributed by atoms with Gasteiger partial charge in [0.05, 0.1) is 24.0 Å². The molecule has 1 aromatic heterocycles. The minimum atomic E-state index is -0.309. The Balaban J connectivity index is 1.72. The molecule has 1 N–H and O–H groups in total. The molecule has 0 spiro atoms. The summed E-state index contributed by atoms with van der Waals surface area (Å²) in [6.45, 7) is 2.91. The molecule has 0 saturated heterocycles. The standard InChI is InChI=1S/C20H20FN3O/c1-2-19-18(13-23-24(19)14-15-7-4-3-5-8-15)20(25)22-12-16-9-6-10-17(21)11-16/h3-11,13H,2,12,14H2,1H3,(H,22,25). The highest BCUT2D eigenvalue weighted by Crippen LogP contribution is 2.13. The van der Waals surface area contributed by atoms with Crippen molar-refractivity contribution in [2.75, 3.05) is 0 Å². The maximum Gasteiger partial charge on any atom is 0.255 e. The molecular weight excluding hydrogens is 317 g/mol. The van der Waals surface area contributed by atoms with Crippen LogP contribution in [0.3, 0.4) is 0 Å². The van der Waals surface area contributed by atoms with Crippen LogP contribution < -0.4 is 5.32 Å². The first-order valence-corrected chi connectivity index (χ1v) is 8.28. The fourth-order valence-corrected chi connectivity index (χ4v) is 2.79. The highest BCUT2D eigenvalue weighted by molar-refractivity contribution is 5.95. The number of benzene rings is 2. The Morgan fingerprint density at radius 3 is 2.60 bits per heavy atom. The van der Waals surface area contributed by atoms with Crippen molar-refractivity contribution in [3.05, 3.63) is 89.0 Å². The third kappa shape index (κ3) is 4.12. The van der Waals surface area contributed by atoms with Crippen molar-refractivity contribution < 1.29 is 9.18 Å². The molecule has 0 aliphatic carbocycles. The summed E-state index contributed by atoms with van der Waals surface area (Å²) < 4.78 is 15.1. The van der Waals surface area contributed by atoms with E-state index in [1.165, 1.54) is 12.1 Å². The van der Waals surface area contributed by atoms with Gasteiger partial charge in [-0.3, -0.25) is 9.48 Å². The predicted octanol–water partition coefficient (Wildman–Crippen LogP) is 3.56. The zero-order chi connectivity index (χ0) is 17.6. The van der Waals surface area contributed by atoms with Crippen molar-refractivity contribution >= 4 is 5.91 Å². The third-order valence-electron chi connectivity index (χ3n) is 4.05. The van der Waals surface area contributed by atoms with Gasteiger partial charge in [0, 0.05) is 6.54 Å². The lowest BCUT2D eigenvalue weighted by molar-refractivity contribution is 0.0949. The quantitative estimate of drug-likeness (QED) is 0.747. The van der Waals surface area contributed by atoms with Crippen molar-refractivity contribution in [1.82, 2.24) is 15.1 Å². The molecule has 5 heteroatoms. The van der Waals surface area contributed by atoms with Gasteiger partial charge in [-0.15, -0.1) is 0 Å². The van der Waals surface area contributed by atoms with E-state index in [0.29, 0.717) is 18.5 Å². The molecule has 1 amide bonds. The molecule has 0 fully saturated rings. The number of nitrogens with zero attached hydrogens (tertiary/aromatic N) is 2. The van der Waals surface area contributed by atoms with Crippen LogP contribution in [0.15, 0.2) is 60.8 Å². The lowest BCUT2D eigenvalue weighted by Crippen LogP contribution is -2.24. The minimum absolute atomic E-state index is 0.194. The largest absolute Gasteiger partial charge is 0.348 e. The Hall–Kier alpha value is -2.95. The van der Waals surface area contributed by atoms with Crippen LogP contribution in [-0.4, -0.2) is 15.7 Å². The van der Waals surface area contributed by atoms with Gasteiger partial charge < -0.3 is 5.32 Å². The van der Waals surface area contributed by atoms with Crippen LogP contribution in [0.4, 0.5) is 4.39 Å². The highest BCUT2D eigenvalue weighted by Gasteiger charge is 2.16. The van der Waals surface area contributed by atoms with E-state index < -0.39 is 0 Å². The number of aromatic nitrogens is 2. The maximum absolute atomic E-state index is 13.2. The van der Waals surface area contributed by atoms with Crippen LogP contribution in [0.1, 0.15) is 34.1 Å². The van der Waals surface area contributed by atoms with Crippen molar-refractivity contribution in [2.24, 2.45) is 0 Å². The number of hydrogen-bond acceptors (Lipinski definition) is 2. The fraction of sp³-hybridized carbons (Fsp3) is 0.200. The Morgan fingerprint density at radius 2 is 1.88 bits per heavy atom. The molecule has 3 aromatic rings. The van der Waals surface area contributed by atoms with Crippen LogP contribution in [0.2, 0.25) is 0 Å². The van der Waals surface area contributed by atoms with E-state index in [9.17, 15) is 9.18 Å².